The summed E-state index contributed by atoms with van der Waals surface area (Å²) in [6.07, 6.45) is 0. The van der Waals surface area contributed by atoms with E-state index in [0.29, 0.717) is 19.8 Å². The molecule has 3 radical (unpaired) electrons. The molecule has 0 aromatic rings. The van der Waals surface area contributed by atoms with Gasteiger partial charge >= 0.3 is 23.2 Å². The van der Waals surface area contributed by atoms with Crippen molar-refractivity contribution < 1.29 is 73.5 Å². The van der Waals surface area contributed by atoms with E-state index in [9.17, 15) is 0 Å². The predicted octanol–water partition coefficient (Wildman–Crippen LogP) is -0.510. The van der Waals surface area contributed by atoms with Gasteiger partial charge in [0, 0.05) is 69.2 Å². The van der Waals surface area contributed by atoms with E-state index in [-0.39, 0.29) is 69.2 Å². The van der Waals surface area contributed by atoms with Gasteiger partial charge in [0.25, 0.3) is 0 Å². The molecule has 0 fully saturated rings. The van der Waals surface area contributed by atoms with Crippen LogP contribution in [0.3, 0.4) is 0 Å². The summed E-state index contributed by atoms with van der Waals surface area (Å²) in [5.41, 5.74) is 0. The first-order chi connectivity index (χ1) is 1.00. The van der Waals surface area contributed by atoms with Crippen LogP contribution in [0.1, 0.15) is 0 Å². The van der Waals surface area contributed by atoms with E-state index in [1.807, 2.05) is 0 Å². The average molecular weight is 379 g/mol. The predicted molar refractivity (Wildman–Crippen MR) is 6.44 cm³/mol. The minimum absolute atomic E-state index is 0. The van der Waals surface area contributed by atoms with Crippen molar-refractivity contribution in [2.75, 3.05) is 0 Å². The van der Waals surface area contributed by atoms with Crippen molar-refractivity contribution >= 4 is 18.9 Å². The third kappa shape index (κ3) is 30.6. The number of rotatable bonds is 0. The van der Waals surface area contributed by atoms with Gasteiger partial charge in [-0.1, -0.05) is 0 Å². The zero-order valence-electron chi connectivity index (χ0n) is 2.84. The summed E-state index contributed by atoms with van der Waals surface area (Å²) in [6, 6.07) is 0. The Morgan fingerprint density at radius 1 is 1.17 bits per heavy atom. The van der Waals surface area contributed by atoms with Crippen molar-refractivity contribution in [3.8, 4) is 0 Å². The molecule has 0 aromatic heterocycles. The van der Waals surface area contributed by atoms with Crippen molar-refractivity contribution in [2.45, 2.75) is 0 Å². The summed E-state index contributed by atoms with van der Waals surface area (Å²) in [4.78, 5) is 0. The van der Waals surface area contributed by atoms with Crippen LogP contribution in [0.2, 0.25) is 0 Å². The first-order valence-electron chi connectivity index (χ1n) is 0.167. The molecule has 0 saturated heterocycles. The molecule has 0 spiro atoms. The number of hydrogen-bond donors (Lipinski definition) is 0. The van der Waals surface area contributed by atoms with E-state index < -0.39 is 0 Å². The van der Waals surface area contributed by atoms with Crippen LogP contribution >= 0.6 is 0 Å². The minimum atomic E-state index is 0. The van der Waals surface area contributed by atoms with Crippen LogP contribution in [-0.2, 0) is 73.5 Å². The monoisotopic (exact) mass is 379 g/mol. The molecule has 0 aliphatic rings. The Morgan fingerprint density at radius 3 is 1.17 bits per heavy atom. The van der Waals surface area contributed by atoms with Crippen LogP contribution in [-0.4, -0.2) is 18.9 Å². The molecule has 0 amide bonds. The fourth-order valence-electron chi connectivity index (χ4n) is 0. The van der Waals surface area contributed by atoms with Gasteiger partial charge in [-0.05, 0) is 0 Å². The average Bonchev–Trinajstić information content (AvgIpc) is 1.00. The molecule has 0 bridgehead atoms. The van der Waals surface area contributed by atoms with Crippen LogP contribution in [0, 0.1) is 0 Å². The molecule has 0 aliphatic carbocycles. The second kappa shape index (κ2) is 48.9. The van der Waals surface area contributed by atoms with Crippen LogP contribution in [0.4, 0.5) is 0 Å². The van der Waals surface area contributed by atoms with Crippen LogP contribution in [0.25, 0.3) is 0 Å². The van der Waals surface area contributed by atoms with Gasteiger partial charge in [0.1, 0.15) is 0 Å². The molecule has 0 heterocycles. The maximum absolute atomic E-state index is 8.33. The Kier molecular flexibility index (Phi) is 312. The Morgan fingerprint density at radius 2 is 1.17 bits per heavy atom. The molecule has 0 rings (SSSR count). The molecule has 0 aromatic carbocycles. The zero-order valence-corrected chi connectivity index (χ0v) is 8.99. The van der Waals surface area contributed by atoms with Gasteiger partial charge in [-0.2, -0.15) is 0 Å². The summed E-state index contributed by atoms with van der Waals surface area (Å²) >= 11 is 0.333. The molecule has 6 heteroatoms. The second-order valence-electron chi connectivity index (χ2n) is 0. The van der Waals surface area contributed by atoms with Crippen LogP contribution in [0.15, 0.2) is 0 Å². The van der Waals surface area contributed by atoms with Gasteiger partial charge in [-0.25, -0.2) is 0 Å². The van der Waals surface area contributed by atoms with Crippen LogP contribution in [0.5, 0.6) is 0 Å². The maximum atomic E-state index is 8.33. The molecule has 0 aliphatic heterocycles. The van der Waals surface area contributed by atoms with Gasteiger partial charge in [-0.3, -0.25) is 0 Å². The summed E-state index contributed by atoms with van der Waals surface area (Å²) in [7, 11) is 0. The summed E-state index contributed by atoms with van der Waals surface area (Å²) < 4.78 is 8.33. The van der Waals surface area contributed by atoms with Gasteiger partial charge in [-0.15, -0.1) is 0 Å². The van der Waals surface area contributed by atoms with Crippen molar-refractivity contribution in [3.63, 3.8) is 0 Å². The Hall–Kier alpha value is 2.61. The summed E-state index contributed by atoms with van der Waals surface area (Å²) in [5.74, 6) is 0. The van der Waals surface area contributed by atoms with E-state index in [4.69, 9.17) is 3.40 Å². The topological polar surface area (TPSA) is 17.1 Å². The van der Waals surface area contributed by atoms with Crippen molar-refractivity contribution in [1.29, 1.82) is 0 Å². The molecule has 1 nitrogen and oxygen atoms in total. The quantitative estimate of drug-likeness (QED) is 0.519. The normalized spacial score (nSPS) is 0.667. The van der Waals surface area contributed by atoms with Gasteiger partial charge in [0.15, 0.2) is 0 Å². The molecule has 0 N–H and O–H groups in total. The Labute approximate surface area is 91.1 Å². The number of hydrogen-bond acceptors (Lipinski definition) is 1. The van der Waals surface area contributed by atoms with E-state index in [0.717, 1.165) is 0 Å². The van der Waals surface area contributed by atoms with Gasteiger partial charge in [0.2, 0.25) is 0 Å². The first-order valence-corrected chi connectivity index (χ1v) is 1.36. The summed E-state index contributed by atoms with van der Waals surface area (Å²) in [6.45, 7) is 0. The molecular formula is CoLiMnNiOW. The Balaban J connectivity index is -0.000000000833. The second-order valence-corrected chi connectivity index (χ2v) is 0. The van der Waals surface area contributed by atoms with E-state index in [1.54, 1.807) is 0 Å². The van der Waals surface area contributed by atoms with Crippen molar-refractivity contribution in [2.24, 2.45) is 0 Å². The van der Waals surface area contributed by atoms with Gasteiger partial charge < -0.3 is 0 Å². The van der Waals surface area contributed by atoms with E-state index >= 15 is 0 Å². The molecule has 0 atom stereocenters. The molecular weight excluding hydrogens is 379 g/mol. The molecule has 0 unspecified atom stereocenters. The first kappa shape index (κ1) is 38.3. The third-order valence-electron chi connectivity index (χ3n) is 0. The summed E-state index contributed by atoms with van der Waals surface area (Å²) in [5, 5.41) is 0. The standard InChI is InChI=1S/Co.Li.Mn.Ni.O.W. The zero-order chi connectivity index (χ0) is 2.00. The SMILES string of the molecule is [Co].[Li].[Mn].[Ni].[O]=[W]. The van der Waals surface area contributed by atoms with Crippen molar-refractivity contribution in [3.05, 3.63) is 0 Å². The third-order valence-corrected chi connectivity index (χ3v) is 0. The van der Waals surface area contributed by atoms with Crippen LogP contribution < -0.4 is 0 Å². The Bertz CT molecular complexity index is 15.5. The van der Waals surface area contributed by atoms with Crippen molar-refractivity contribution in [1.82, 2.24) is 0 Å². The molecule has 0 saturated carbocycles. The van der Waals surface area contributed by atoms with E-state index in [1.165, 1.54) is 0 Å². The van der Waals surface area contributed by atoms with Gasteiger partial charge in [0.05, 0.1) is 0 Å². The fourth-order valence-corrected chi connectivity index (χ4v) is 0. The fraction of sp³-hybridized carbons (Fsp3) is 0. The molecule has 6 heavy (non-hydrogen) atoms. The molecule has 39 valence electrons. The van der Waals surface area contributed by atoms with E-state index in [2.05, 4.69) is 0 Å².